The molecule has 0 atom stereocenters. The molecule has 2 aromatic carbocycles. The van der Waals surface area contributed by atoms with E-state index in [4.69, 9.17) is 16.6 Å². The van der Waals surface area contributed by atoms with Gasteiger partial charge in [0.2, 0.25) is 0 Å². The minimum Gasteiger partial charge on any atom is -0.308 e. The highest BCUT2D eigenvalue weighted by Gasteiger charge is 2.16. The average Bonchev–Trinajstić information content (AvgIpc) is 3.07. The van der Waals surface area contributed by atoms with Gasteiger partial charge in [-0.05, 0) is 55.3 Å². The Bertz CT molecular complexity index is 1320. The Morgan fingerprint density at radius 3 is 2.60 bits per heavy atom. The SMILES string of the molecule is CCc1nc2c(C)cc(C)nc2n1Cc1ccc(-c2cc(Cl)ccc2C#N)cc1F. The van der Waals surface area contributed by atoms with Gasteiger partial charge in [0.05, 0.1) is 18.2 Å². The molecule has 150 valence electrons. The number of aryl methyl sites for hydroxylation is 3. The summed E-state index contributed by atoms with van der Waals surface area (Å²) in [4.78, 5) is 9.38. The lowest BCUT2D eigenvalue weighted by Crippen LogP contribution is -2.07. The molecule has 30 heavy (non-hydrogen) atoms. The second kappa shape index (κ2) is 7.89. The molecule has 0 amide bonds. The number of nitriles is 1. The number of halogens is 2. The summed E-state index contributed by atoms with van der Waals surface area (Å²) in [5.41, 5.74) is 5.82. The van der Waals surface area contributed by atoms with E-state index in [2.05, 4.69) is 11.1 Å². The van der Waals surface area contributed by atoms with Crippen LogP contribution in [0.3, 0.4) is 0 Å². The molecule has 6 heteroatoms. The van der Waals surface area contributed by atoms with Crippen molar-refractivity contribution in [3.05, 3.63) is 81.5 Å². The van der Waals surface area contributed by atoms with E-state index in [1.54, 1.807) is 24.3 Å². The van der Waals surface area contributed by atoms with E-state index in [9.17, 15) is 5.26 Å². The fourth-order valence-corrected chi connectivity index (χ4v) is 3.92. The van der Waals surface area contributed by atoms with Crippen LogP contribution in [0.15, 0.2) is 42.5 Å². The fraction of sp³-hybridized carbons (Fsp3) is 0.208. The molecule has 0 fully saturated rings. The van der Waals surface area contributed by atoms with Crippen LogP contribution in [0.5, 0.6) is 0 Å². The van der Waals surface area contributed by atoms with Crippen LogP contribution in [0.2, 0.25) is 5.02 Å². The second-order valence-electron chi connectivity index (χ2n) is 7.33. The van der Waals surface area contributed by atoms with Crippen LogP contribution in [0.4, 0.5) is 4.39 Å². The fourth-order valence-electron chi connectivity index (χ4n) is 3.75. The summed E-state index contributed by atoms with van der Waals surface area (Å²) in [5, 5.41) is 9.87. The molecule has 4 rings (SSSR count). The van der Waals surface area contributed by atoms with Gasteiger partial charge in [-0.15, -0.1) is 0 Å². The highest BCUT2D eigenvalue weighted by atomic mass is 35.5. The zero-order valence-electron chi connectivity index (χ0n) is 17.0. The number of hydrogen-bond acceptors (Lipinski definition) is 3. The molecule has 0 unspecified atom stereocenters. The van der Waals surface area contributed by atoms with E-state index in [-0.39, 0.29) is 5.82 Å². The summed E-state index contributed by atoms with van der Waals surface area (Å²) in [5.74, 6) is 0.529. The van der Waals surface area contributed by atoms with Crippen LogP contribution in [-0.4, -0.2) is 14.5 Å². The van der Waals surface area contributed by atoms with Crippen LogP contribution in [0.1, 0.15) is 35.1 Å². The molecule has 0 aliphatic carbocycles. The van der Waals surface area contributed by atoms with Gasteiger partial charge in [0.15, 0.2) is 5.65 Å². The Hall–Kier alpha value is -3.23. The first-order valence-corrected chi connectivity index (χ1v) is 10.1. The zero-order chi connectivity index (χ0) is 21.4. The summed E-state index contributed by atoms with van der Waals surface area (Å²) in [6.07, 6.45) is 0.725. The average molecular weight is 419 g/mol. The van der Waals surface area contributed by atoms with Gasteiger partial charge in [0, 0.05) is 28.3 Å². The molecule has 0 N–H and O–H groups in total. The Kier molecular flexibility index (Phi) is 5.27. The molecule has 0 spiro atoms. The van der Waals surface area contributed by atoms with E-state index >= 15 is 4.39 Å². The minimum absolute atomic E-state index is 0.336. The molecule has 0 radical (unpaired) electrons. The van der Waals surface area contributed by atoms with Crippen LogP contribution < -0.4 is 0 Å². The van der Waals surface area contributed by atoms with Gasteiger partial charge < -0.3 is 4.57 Å². The maximum Gasteiger partial charge on any atom is 0.160 e. The molecule has 0 aliphatic heterocycles. The number of rotatable bonds is 4. The van der Waals surface area contributed by atoms with E-state index in [0.717, 1.165) is 34.7 Å². The molecule has 0 saturated carbocycles. The van der Waals surface area contributed by atoms with Crippen molar-refractivity contribution in [2.24, 2.45) is 0 Å². The standard InChI is InChI=1S/C24H20ClFN4/c1-4-22-29-23-14(2)9-15(3)28-24(23)30(22)13-18-6-5-16(10-21(18)26)20-11-19(25)8-7-17(20)12-27/h5-11H,4,13H2,1-3H3. The van der Waals surface area contributed by atoms with Crippen molar-refractivity contribution in [1.82, 2.24) is 14.5 Å². The van der Waals surface area contributed by atoms with Crippen molar-refractivity contribution in [1.29, 1.82) is 5.26 Å². The van der Waals surface area contributed by atoms with Crippen molar-refractivity contribution in [2.75, 3.05) is 0 Å². The number of imidazole rings is 1. The van der Waals surface area contributed by atoms with Gasteiger partial charge in [-0.3, -0.25) is 0 Å². The second-order valence-corrected chi connectivity index (χ2v) is 7.76. The highest BCUT2D eigenvalue weighted by Crippen LogP contribution is 2.29. The number of nitrogens with zero attached hydrogens (tertiary/aromatic N) is 4. The molecule has 4 nitrogen and oxygen atoms in total. The number of aromatic nitrogens is 3. The topological polar surface area (TPSA) is 54.5 Å². The third kappa shape index (κ3) is 3.55. The van der Waals surface area contributed by atoms with E-state index in [1.165, 1.54) is 6.07 Å². The van der Waals surface area contributed by atoms with Crippen LogP contribution in [-0.2, 0) is 13.0 Å². The molecule has 0 aliphatic rings. The Morgan fingerprint density at radius 2 is 1.90 bits per heavy atom. The van der Waals surface area contributed by atoms with Crippen molar-refractivity contribution in [2.45, 2.75) is 33.7 Å². The molecule has 4 aromatic rings. The molecule has 0 bridgehead atoms. The zero-order valence-corrected chi connectivity index (χ0v) is 17.8. The van der Waals surface area contributed by atoms with E-state index < -0.39 is 0 Å². The first-order valence-electron chi connectivity index (χ1n) is 9.73. The molecule has 2 aromatic heterocycles. The van der Waals surface area contributed by atoms with Crippen LogP contribution >= 0.6 is 11.6 Å². The van der Waals surface area contributed by atoms with Crippen molar-refractivity contribution in [3.8, 4) is 17.2 Å². The van der Waals surface area contributed by atoms with Gasteiger partial charge >= 0.3 is 0 Å². The molecule has 0 saturated heterocycles. The Labute approximate surface area is 179 Å². The highest BCUT2D eigenvalue weighted by molar-refractivity contribution is 6.30. The third-order valence-corrected chi connectivity index (χ3v) is 5.45. The first kappa shape index (κ1) is 20.1. The third-order valence-electron chi connectivity index (χ3n) is 5.21. The van der Waals surface area contributed by atoms with Gasteiger partial charge in [0.1, 0.15) is 17.2 Å². The largest absolute Gasteiger partial charge is 0.308 e. The van der Waals surface area contributed by atoms with Crippen LogP contribution in [0.25, 0.3) is 22.3 Å². The summed E-state index contributed by atoms with van der Waals surface area (Å²) >= 11 is 6.08. The van der Waals surface area contributed by atoms with E-state index in [1.807, 2.05) is 37.5 Å². The lowest BCUT2D eigenvalue weighted by atomic mass is 9.99. The molecular weight excluding hydrogens is 399 g/mol. The number of pyridine rings is 1. The molecule has 2 heterocycles. The lowest BCUT2D eigenvalue weighted by molar-refractivity contribution is 0.597. The lowest BCUT2D eigenvalue weighted by Gasteiger charge is -2.11. The minimum atomic E-state index is -0.343. The van der Waals surface area contributed by atoms with Gasteiger partial charge in [0.25, 0.3) is 0 Å². The monoisotopic (exact) mass is 418 g/mol. The Morgan fingerprint density at radius 1 is 1.10 bits per heavy atom. The summed E-state index contributed by atoms with van der Waals surface area (Å²) in [7, 11) is 0. The van der Waals surface area contributed by atoms with Crippen molar-refractivity contribution >= 4 is 22.8 Å². The number of benzene rings is 2. The Balaban J connectivity index is 1.78. The van der Waals surface area contributed by atoms with Crippen molar-refractivity contribution < 1.29 is 4.39 Å². The molecular formula is C24H20ClFN4. The predicted molar refractivity (Wildman–Crippen MR) is 117 cm³/mol. The normalized spacial score (nSPS) is 11.1. The first-order chi connectivity index (χ1) is 14.4. The summed E-state index contributed by atoms with van der Waals surface area (Å²) in [6.45, 7) is 6.33. The summed E-state index contributed by atoms with van der Waals surface area (Å²) < 4.78 is 17.1. The summed E-state index contributed by atoms with van der Waals surface area (Å²) in [6, 6.07) is 14.1. The smallest absolute Gasteiger partial charge is 0.160 e. The predicted octanol–water partition coefficient (Wildman–Crippen LogP) is 5.99. The number of hydrogen-bond donors (Lipinski definition) is 0. The van der Waals surface area contributed by atoms with Gasteiger partial charge in [-0.1, -0.05) is 30.7 Å². The van der Waals surface area contributed by atoms with Crippen molar-refractivity contribution in [3.63, 3.8) is 0 Å². The van der Waals surface area contributed by atoms with Gasteiger partial charge in [-0.25, -0.2) is 14.4 Å². The van der Waals surface area contributed by atoms with E-state index in [0.29, 0.717) is 33.8 Å². The maximum absolute atomic E-state index is 15.1. The van der Waals surface area contributed by atoms with Gasteiger partial charge in [-0.2, -0.15) is 5.26 Å². The maximum atomic E-state index is 15.1. The number of fused-ring (bicyclic) bond motifs is 1. The quantitative estimate of drug-likeness (QED) is 0.409. The van der Waals surface area contributed by atoms with Crippen LogP contribution in [0, 0.1) is 31.0 Å².